The zero-order valence-corrected chi connectivity index (χ0v) is 22.6. The molecule has 0 aromatic heterocycles. The third-order valence-corrected chi connectivity index (χ3v) is 6.70. The van der Waals surface area contributed by atoms with Crippen LogP contribution in [0.3, 0.4) is 0 Å². The number of carbonyl (C=O) groups excluding carboxylic acids is 2. The molecule has 0 fully saturated rings. The maximum absolute atomic E-state index is 12.6. The highest BCUT2D eigenvalue weighted by molar-refractivity contribution is 5.93. The first-order valence-electron chi connectivity index (χ1n) is 14.1. The van der Waals surface area contributed by atoms with Crippen LogP contribution in [0.2, 0.25) is 0 Å². The fourth-order valence-electron chi connectivity index (χ4n) is 4.43. The van der Waals surface area contributed by atoms with Gasteiger partial charge in [0.2, 0.25) is 0 Å². The minimum atomic E-state index is -2.83. The number of aliphatic hydroxyl groups is 1. The zero-order chi connectivity index (χ0) is 27.2. The molecule has 3 N–H and O–H groups in total. The summed E-state index contributed by atoms with van der Waals surface area (Å²) in [7, 11) is 0. The van der Waals surface area contributed by atoms with Gasteiger partial charge in [0.25, 0.3) is 0 Å². The number of ether oxygens (including phenoxy) is 1. The van der Waals surface area contributed by atoms with Crippen LogP contribution < -0.4 is 0 Å². The second-order valence-electron chi connectivity index (χ2n) is 9.99. The lowest BCUT2D eigenvalue weighted by molar-refractivity contribution is -0.184. The van der Waals surface area contributed by atoms with E-state index in [1.54, 1.807) is 0 Å². The second kappa shape index (κ2) is 21.2. The highest BCUT2D eigenvalue weighted by atomic mass is 16.6. The molecule has 8 nitrogen and oxygen atoms in total. The summed E-state index contributed by atoms with van der Waals surface area (Å²) in [6.07, 6.45) is 16.7. The zero-order valence-electron chi connectivity index (χ0n) is 22.6. The summed E-state index contributed by atoms with van der Waals surface area (Å²) in [6.45, 7) is 4.18. The van der Waals surface area contributed by atoms with Gasteiger partial charge in [0.15, 0.2) is 5.60 Å². The Morgan fingerprint density at radius 3 is 1.50 bits per heavy atom. The lowest BCUT2D eigenvalue weighted by Gasteiger charge is -2.29. The van der Waals surface area contributed by atoms with Crippen LogP contribution in [0.25, 0.3) is 0 Å². The van der Waals surface area contributed by atoms with Crippen molar-refractivity contribution in [2.45, 2.75) is 148 Å². The van der Waals surface area contributed by atoms with Crippen LogP contribution in [0, 0.1) is 5.92 Å². The molecule has 2 unspecified atom stereocenters. The van der Waals surface area contributed by atoms with Gasteiger partial charge in [-0.3, -0.25) is 14.4 Å². The maximum atomic E-state index is 12.6. The van der Waals surface area contributed by atoms with Crippen LogP contribution in [0.15, 0.2) is 0 Å². The Balaban J connectivity index is 4.52. The van der Waals surface area contributed by atoms with E-state index in [4.69, 9.17) is 9.84 Å². The van der Waals surface area contributed by atoms with Gasteiger partial charge in [0, 0.05) is 6.42 Å². The van der Waals surface area contributed by atoms with Gasteiger partial charge in [-0.2, -0.15) is 0 Å². The Morgan fingerprint density at radius 2 is 1.08 bits per heavy atom. The molecule has 0 radical (unpaired) electrons. The fraction of sp³-hybridized carbons (Fsp3) is 0.857. The van der Waals surface area contributed by atoms with Crippen molar-refractivity contribution >= 4 is 23.9 Å². The SMILES string of the molecule is CCCCCCCCCCCCCCCCC(C(=O)OC(=O)CCCCC)C(O)(CC(=O)O)C(=O)O. The Labute approximate surface area is 217 Å². The predicted octanol–water partition coefficient (Wildman–Crippen LogP) is 6.41. The number of aliphatic carboxylic acids is 2. The first-order valence-corrected chi connectivity index (χ1v) is 14.1. The molecule has 0 rings (SSSR count). The lowest BCUT2D eigenvalue weighted by atomic mass is 9.81. The molecule has 0 aromatic rings. The van der Waals surface area contributed by atoms with E-state index in [1.165, 1.54) is 57.8 Å². The second-order valence-corrected chi connectivity index (χ2v) is 9.99. The van der Waals surface area contributed by atoms with Gasteiger partial charge in [0.1, 0.15) is 0 Å². The van der Waals surface area contributed by atoms with Crippen molar-refractivity contribution in [2.24, 2.45) is 5.92 Å². The summed E-state index contributed by atoms with van der Waals surface area (Å²) in [4.78, 5) is 47.5. The third-order valence-electron chi connectivity index (χ3n) is 6.70. The Morgan fingerprint density at radius 1 is 0.667 bits per heavy atom. The van der Waals surface area contributed by atoms with Crippen LogP contribution >= 0.6 is 0 Å². The number of rotatable bonds is 24. The molecule has 0 saturated heterocycles. The van der Waals surface area contributed by atoms with Gasteiger partial charge in [-0.15, -0.1) is 0 Å². The van der Waals surface area contributed by atoms with Crippen LogP contribution in [0.5, 0.6) is 0 Å². The number of hydrogen-bond acceptors (Lipinski definition) is 6. The standard InChI is InChI=1S/C28H50O8/c1-3-5-7-8-9-10-11-12-13-14-15-16-17-19-20-23(28(35,27(33)34)22-24(29)30)26(32)36-25(31)21-18-6-4-2/h23,35H,3-22H2,1-2H3,(H,29,30)(H,33,34). The third kappa shape index (κ3) is 15.9. The Hall–Kier alpha value is -1.96. The minimum absolute atomic E-state index is 0.00951. The molecule has 36 heavy (non-hydrogen) atoms. The van der Waals surface area contributed by atoms with E-state index < -0.39 is 41.8 Å². The maximum Gasteiger partial charge on any atom is 0.337 e. The van der Waals surface area contributed by atoms with Crippen molar-refractivity contribution in [3.63, 3.8) is 0 Å². The first kappa shape index (κ1) is 34.0. The average molecular weight is 515 g/mol. The summed E-state index contributed by atoms with van der Waals surface area (Å²) in [5.41, 5.74) is -2.83. The molecule has 0 amide bonds. The normalized spacial score (nSPS) is 13.6. The molecule has 8 heteroatoms. The van der Waals surface area contributed by atoms with Crippen LogP contribution in [0.1, 0.15) is 142 Å². The van der Waals surface area contributed by atoms with Crippen LogP contribution in [-0.4, -0.2) is 44.8 Å². The summed E-state index contributed by atoms with van der Waals surface area (Å²) < 4.78 is 4.81. The van der Waals surface area contributed by atoms with Crippen molar-refractivity contribution in [3.8, 4) is 0 Å². The number of hydrogen-bond donors (Lipinski definition) is 3. The molecule has 210 valence electrons. The largest absolute Gasteiger partial charge is 0.481 e. The van der Waals surface area contributed by atoms with Gasteiger partial charge in [-0.1, -0.05) is 117 Å². The first-order chi connectivity index (χ1) is 17.2. The molecule has 0 bridgehead atoms. The molecule has 0 spiro atoms. The van der Waals surface area contributed by atoms with Gasteiger partial charge in [-0.25, -0.2) is 4.79 Å². The molecule has 2 atom stereocenters. The lowest BCUT2D eigenvalue weighted by Crippen LogP contribution is -2.51. The van der Waals surface area contributed by atoms with E-state index in [0.717, 1.165) is 32.1 Å². The van der Waals surface area contributed by atoms with Gasteiger partial charge >= 0.3 is 23.9 Å². The summed E-state index contributed by atoms with van der Waals surface area (Å²) in [6, 6.07) is 0. The number of carboxylic acids is 2. The van der Waals surface area contributed by atoms with E-state index in [9.17, 15) is 29.4 Å². The van der Waals surface area contributed by atoms with Gasteiger partial charge in [0.05, 0.1) is 12.3 Å². The van der Waals surface area contributed by atoms with E-state index >= 15 is 0 Å². The Kier molecular flexibility index (Phi) is 20.0. The summed E-state index contributed by atoms with van der Waals surface area (Å²) in [5.74, 6) is -6.94. The highest BCUT2D eigenvalue weighted by Gasteiger charge is 2.50. The minimum Gasteiger partial charge on any atom is -0.481 e. The van der Waals surface area contributed by atoms with E-state index in [2.05, 4.69) is 6.92 Å². The summed E-state index contributed by atoms with van der Waals surface area (Å²) >= 11 is 0. The number of carboxylic acid groups (broad SMARTS) is 2. The van der Waals surface area contributed by atoms with Crippen molar-refractivity contribution in [3.05, 3.63) is 0 Å². The number of carbonyl (C=O) groups is 4. The van der Waals surface area contributed by atoms with Crippen LogP contribution in [0.4, 0.5) is 0 Å². The van der Waals surface area contributed by atoms with Crippen molar-refractivity contribution in [2.75, 3.05) is 0 Å². The fourth-order valence-corrected chi connectivity index (χ4v) is 4.43. The van der Waals surface area contributed by atoms with Gasteiger partial charge < -0.3 is 20.1 Å². The predicted molar refractivity (Wildman–Crippen MR) is 138 cm³/mol. The highest BCUT2D eigenvalue weighted by Crippen LogP contribution is 2.29. The van der Waals surface area contributed by atoms with Crippen molar-refractivity contribution in [1.82, 2.24) is 0 Å². The van der Waals surface area contributed by atoms with Crippen molar-refractivity contribution < 1.29 is 39.2 Å². The van der Waals surface area contributed by atoms with Crippen LogP contribution in [-0.2, 0) is 23.9 Å². The Bertz CT molecular complexity index is 633. The molecule has 0 aliphatic carbocycles. The molecule has 0 heterocycles. The monoisotopic (exact) mass is 514 g/mol. The molecule has 0 aliphatic heterocycles. The molecular weight excluding hydrogens is 464 g/mol. The smallest absolute Gasteiger partial charge is 0.337 e. The number of unbranched alkanes of at least 4 members (excludes halogenated alkanes) is 15. The molecule has 0 aromatic carbocycles. The molecular formula is C28H50O8. The average Bonchev–Trinajstić information content (AvgIpc) is 2.81. The van der Waals surface area contributed by atoms with E-state index in [1.807, 2.05) is 6.92 Å². The van der Waals surface area contributed by atoms with E-state index in [0.29, 0.717) is 19.3 Å². The van der Waals surface area contributed by atoms with E-state index in [-0.39, 0.29) is 12.8 Å². The number of esters is 2. The topological polar surface area (TPSA) is 138 Å². The van der Waals surface area contributed by atoms with Crippen molar-refractivity contribution in [1.29, 1.82) is 0 Å². The van der Waals surface area contributed by atoms with Gasteiger partial charge in [-0.05, 0) is 12.8 Å². The summed E-state index contributed by atoms with van der Waals surface area (Å²) in [5, 5.41) is 29.3. The molecule has 0 aliphatic rings. The quantitative estimate of drug-likeness (QED) is 0.0762. The molecule has 0 saturated carbocycles.